The molecule has 2 aliphatic carbocycles. The molecule has 0 aliphatic heterocycles. The lowest BCUT2D eigenvalue weighted by molar-refractivity contribution is 0.473. The quantitative estimate of drug-likeness (QED) is 0.853. The van der Waals surface area contributed by atoms with Crippen LogP contribution in [-0.4, -0.2) is 6.54 Å². The minimum atomic E-state index is 0.582. The molecule has 1 heteroatoms. The summed E-state index contributed by atoms with van der Waals surface area (Å²) < 4.78 is 0. The van der Waals surface area contributed by atoms with Crippen molar-refractivity contribution < 1.29 is 0 Å². The number of rotatable bonds is 2. The van der Waals surface area contributed by atoms with Crippen molar-refractivity contribution >= 4 is 10.8 Å². The van der Waals surface area contributed by atoms with Crippen molar-refractivity contribution in [2.24, 2.45) is 0 Å². The van der Waals surface area contributed by atoms with Gasteiger partial charge in [0, 0.05) is 6.04 Å². The molecule has 1 N–H and O–H groups in total. The van der Waals surface area contributed by atoms with Gasteiger partial charge >= 0.3 is 0 Å². The van der Waals surface area contributed by atoms with E-state index >= 15 is 0 Å². The minimum Gasteiger partial charge on any atom is -0.310 e. The first-order valence-corrected chi connectivity index (χ1v) is 7.68. The van der Waals surface area contributed by atoms with E-state index in [-0.39, 0.29) is 0 Å². The minimum absolute atomic E-state index is 0.582. The maximum Gasteiger partial charge on any atom is 0.0323 e. The van der Waals surface area contributed by atoms with E-state index in [2.05, 4.69) is 36.5 Å². The SMILES string of the molecule is CCNC1CCCc2c1cc1c3c(cccc23)CC1. The molecule has 98 valence electrons. The second-order valence-electron chi connectivity index (χ2n) is 5.95. The van der Waals surface area contributed by atoms with Crippen LogP contribution in [0.2, 0.25) is 0 Å². The first kappa shape index (κ1) is 11.5. The molecule has 19 heavy (non-hydrogen) atoms. The van der Waals surface area contributed by atoms with Crippen LogP contribution in [0.4, 0.5) is 0 Å². The molecule has 1 nitrogen and oxygen atoms in total. The Morgan fingerprint density at radius 2 is 2.05 bits per heavy atom. The first-order chi connectivity index (χ1) is 9.38. The van der Waals surface area contributed by atoms with Crippen molar-refractivity contribution in [3.63, 3.8) is 0 Å². The van der Waals surface area contributed by atoms with Gasteiger partial charge in [-0.2, -0.15) is 0 Å². The van der Waals surface area contributed by atoms with Crippen LogP contribution in [0, 0.1) is 0 Å². The van der Waals surface area contributed by atoms with Crippen LogP contribution in [0.15, 0.2) is 24.3 Å². The number of hydrogen-bond acceptors (Lipinski definition) is 1. The van der Waals surface area contributed by atoms with Crippen LogP contribution >= 0.6 is 0 Å². The molecule has 0 amide bonds. The molecule has 2 aromatic carbocycles. The molecule has 1 atom stereocenters. The maximum atomic E-state index is 3.67. The average Bonchev–Trinajstić information content (AvgIpc) is 2.85. The van der Waals surface area contributed by atoms with Gasteiger partial charge in [-0.1, -0.05) is 31.2 Å². The Balaban J connectivity index is 1.99. The lowest BCUT2D eigenvalue weighted by atomic mass is 9.83. The maximum absolute atomic E-state index is 3.67. The van der Waals surface area contributed by atoms with E-state index in [1.807, 2.05) is 0 Å². The largest absolute Gasteiger partial charge is 0.310 e. The lowest BCUT2D eigenvalue weighted by Gasteiger charge is -2.28. The molecule has 0 bridgehead atoms. The lowest BCUT2D eigenvalue weighted by Crippen LogP contribution is -2.25. The summed E-state index contributed by atoms with van der Waals surface area (Å²) in [5, 5.41) is 6.80. The summed E-state index contributed by atoms with van der Waals surface area (Å²) in [4.78, 5) is 0. The summed E-state index contributed by atoms with van der Waals surface area (Å²) in [6.45, 7) is 3.28. The molecule has 0 radical (unpaired) electrons. The van der Waals surface area contributed by atoms with E-state index in [1.54, 1.807) is 33.0 Å². The molecule has 0 aromatic heterocycles. The van der Waals surface area contributed by atoms with Gasteiger partial charge < -0.3 is 5.32 Å². The molecule has 0 fully saturated rings. The van der Waals surface area contributed by atoms with Gasteiger partial charge in [0.05, 0.1) is 0 Å². The van der Waals surface area contributed by atoms with E-state index in [4.69, 9.17) is 0 Å². The third-order valence-corrected chi connectivity index (χ3v) is 4.88. The van der Waals surface area contributed by atoms with Crippen LogP contribution in [0.1, 0.15) is 48.1 Å². The van der Waals surface area contributed by atoms with Crippen LogP contribution in [0.5, 0.6) is 0 Å². The fourth-order valence-corrected chi connectivity index (χ4v) is 4.09. The van der Waals surface area contributed by atoms with E-state index in [1.165, 1.54) is 32.1 Å². The van der Waals surface area contributed by atoms with Crippen molar-refractivity contribution in [1.29, 1.82) is 0 Å². The first-order valence-electron chi connectivity index (χ1n) is 7.68. The number of hydrogen-bond donors (Lipinski definition) is 1. The monoisotopic (exact) mass is 251 g/mol. The van der Waals surface area contributed by atoms with Gasteiger partial charge in [0.25, 0.3) is 0 Å². The van der Waals surface area contributed by atoms with Crippen molar-refractivity contribution in [3.05, 3.63) is 46.5 Å². The molecule has 0 heterocycles. The second-order valence-corrected chi connectivity index (χ2v) is 5.95. The summed E-state index contributed by atoms with van der Waals surface area (Å²) in [6.07, 6.45) is 6.36. The van der Waals surface area contributed by atoms with Crippen LogP contribution in [0.25, 0.3) is 10.8 Å². The zero-order valence-electron chi connectivity index (χ0n) is 11.6. The Bertz CT molecular complexity index is 642. The summed E-state index contributed by atoms with van der Waals surface area (Å²) >= 11 is 0. The molecule has 4 rings (SSSR count). The predicted octanol–water partition coefficient (Wildman–Crippen LogP) is 3.93. The van der Waals surface area contributed by atoms with Gasteiger partial charge in [-0.3, -0.25) is 0 Å². The van der Waals surface area contributed by atoms with Crippen LogP contribution < -0.4 is 5.32 Å². The summed E-state index contributed by atoms with van der Waals surface area (Å²) in [7, 11) is 0. The van der Waals surface area contributed by atoms with Gasteiger partial charge in [0.1, 0.15) is 0 Å². The highest BCUT2D eigenvalue weighted by Crippen LogP contribution is 2.40. The standard InChI is InChI=1S/C18H21N/c1-2-19-17-8-4-6-14-15-7-3-5-12-9-10-13(18(12)15)11-16(14)17/h3,5,7,11,17,19H,2,4,6,8-10H2,1H3. The molecule has 2 aromatic rings. The molecule has 0 saturated heterocycles. The predicted molar refractivity (Wildman–Crippen MR) is 80.7 cm³/mol. The van der Waals surface area contributed by atoms with Gasteiger partial charge in [0.2, 0.25) is 0 Å². The third-order valence-electron chi connectivity index (χ3n) is 4.88. The van der Waals surface area contributed by atoms with E-state index in [0.717, 1.165) is 6.54 Å². The second kappa shape index (κ2) is 4.35. The van der Waals surface area contributed by atoms with Crippen molar-refractivity contribution in [3.8, 4) is 0 Å². The molecular formula is C18H21N. The Labute approximate surface area is 115 Å². The highest BCUT2D eigenvalue weighted by molar-refractivity contribution is 5.94. The van der Waals surface area contributed by atoms with Gasteiger partial charge in [-0.05, 0) is 71.7 Å². The van der Waals surface area contributed by atoms with Crippen molar-refractivity contribution in [2.75, 3.05) is 6.54 Å². The van der Waals surface area contributed by atoms with E-state index < -0.39 is 0 Å². The molecule has 1 unspecified atom stereocenters. The molecule has 0 spiro atoms. The summed E-state index contributed by atoms with van der Waals surface area (Å²) in [5.41, 5.74) is 6.38. The fraction of sp³-hybridized carbons (Fsp3) is 0.444. The van der Waals surface area contributed by atoms with Crippen LogP contribution in [0.3, 0.4) is 0 Å². The number of aryl methyl sites for hydroxylation is 3. The zero-order valence-corrected chi connectivity index (χ0v) is 11.6. The fourth-order valence-electron chi connectivity index (χ4n) is 4.09. The highest BCUT2D eigenvalue weighted by atomic mass is 14.9. The van der Waals surface area contributed by atoms with E-state index in [0.29, 0.717) is 6.04 Å². The summed E-state index contributed by atoms with van der Waals surface area (Å²) in [6, 6.07) is 10.0. The zero-order chi connectivity index (χ0) is 12.8. The van der Waals surface area contributed by atoms with E-state index in [9.17, 15) is 0 Å². The third kappa shape index (κ3) is 1.64. The Kier molecular flexibility index (Phi) is 2.63. The highest BCUT2D eigenvalue weighted by Gasteiger charge is 2.25. The molecule has 2 aliphatic rings. The summed E-state index contributed by atoms with van der Waals surface area (Å²) in [5.74, 6) is 0. The van der Waals surface area contributed by atoms with Crippen molar-refractivity contribution in [2.45, 2.75) is 45.1 Å². The molecule has 0 saturated carbocycles. The molecular weight excluding hydrogens is 230 g/mol. The van der Waals surface area contributed by atoms with Gasteiger partial charge in [-0.25, -0.2) is 0 Å². The van der Waals surface area contributed by atoms with Crippen LogP contribution in [-0.2, 0) is 19.3 Å². The topological polar surface area (TPSA) is 12.0 Å². The number of nitrogens with one attached hydrogen (secondary N) is 1. The Morgan fingerprint density at radius 1 is 1.16 bits per heavy atom. The van der Waals surface area contributed by atoms with Crippen molar-refractivity contribution in [1.82, 2.24) is 5.32 Å². The Morgan fingerprint density at radius 3 is 2.95 bits per heavy atom. The smallest absolute Gasteiger partial charge is 0.0323 e. The Hall–Kier alpha value is -1.34. The van der Waals surface area contributed by atoms with Gasteiger partial charge in [-0.15, -0.1) is 0 Å². The van der Waals surface area contributed by atoms with Gasteiger partial charge in [0.15, 0.2) is 0 Å². The average molecular weight is 251 g/mol. The number of fused-ring (bicyclic) bond motifs is 2. The number of benzene rings is 2. The normalized spacial score (nSPS) is 20.8.